The molecular weight excluding hydrogens is 269 g/mol. The number of benzene rings is 1. The summed E-state index contributed by atoms with van der Waals surface area (Å²) in [6, 6.07) is 5.93. The van der Waals surface area contributed by atoms with E-state index in [2.05, 4.69) is 0 Å². The zero-order valence-electron chi connectivity index (χ0n) is 12.1. The number of carboxylic acids is 1. The summed E-state index contributed by atoms with van der Waals surface area (Å²) < 4.78 is 13.5. The molecular formula is C17H22FNO2. The van der Waals surface area contributed by atoms with E-state index in [-0.39, 0.29) is 6.54 Å². The lowest BCUT2D eigenvalue weighted by atomic mass is 9.70. The van der Waals surface area contributed by atoms with Crippen LogP contribution in [0.25, 0.3) is 0 Å². The molecule has 4 atom stereocenters. The molecule has 0 aliphatic heterocycles. The topological polar surface area (TPSA) is 63.3 Å². The van der Waals surface area contributed by atoms with Gasteiger partial charge >= 0.3 is 5.97 Å². The van der Waals surface area contributed by atoms with E-state index in [1.165, 1.54) is 31.4 Å². The Bertz CT molecular complexity index is 547. The summed E-state index contributed by atoms with van der Waals surface area (Å²) in [5.74, 6) is 0.468. The van der Waals surface area contributed by atoms with E-state index in [1.54, 1.807) is 12.1 Å². The Balaban J connectivity index is 1.91. The molecule has 2 bridgehead atoms. The van der Waals surface area contributed by atoms with Crippen LogP contribution in [-0.4, -0.2) is 17.6 Å². The number of nitrogens with two attached hydrogens (primary N) is 1. The predicted molar refractivity (Wildman–Crippen MR) is 78.3 cm³/mol. The summed E-state index contributed by atoms with van der Waals surface area (Å²) in [5, 5.41) is 9.80. The number of halogens is 1. The molecule has 114 valence electrons. The van der Waals surface area contributed by atoms with Crippen molar-refractivity contribution in [2.24, 2.45) is 23.5 Å². The van der Waals surface area contributed by atoms with Crippen LogP contribution in [0.2, 0.25) is 0 Å². The molecule has 0 amide bonds. The Labute approximate surface area is 124 Å². The molecule has 0 heterocycles. The van der Waals surface area contributed by atoms with Gasteiger partial charge in [-0.25, -0.2) is 4.39 Å². The molecule has 0 radical (unpaired) electrons. The van der Waals surface area contributed by atoms with Crippen molar-refractivity contribution in [2.45, 2.75) is 37.5 Å². The van der Waals surface area contributed by atoms with E-state index in [1.807, 2.05) is 0 Å². The fourth-order valence-electron chi connectivity index (χ4n) is 4.48. The second-order valence-corrected chi connectivity index (χ2v) is 6.74. The van der Waals surface area contributed by atoms with Crippen LogP contribution in [0, 0.1) is 23.6 Å². The Kier molecular flexibility index (Phi) is 3.74. The van der Waals surface area contributed by atoms with Crippen LogP contribution in [0.4, 0.5) is 4.39 Å². The highest BCUT2D eigenvalue weighted by Crippen LogP contribution is 2.52. The van der Waals surface area contributed by atoms with Crippen LogP contribution < -0.4 is 5.73 Å². The number of carbonyl (C=O) groups is 1. The fraction of sp³-hybridized carbons (Fsp3) is 0.588. The number of fused-ring (bicyclic) bond motifs is 2. The van der Waals surface area contributed by atoms with Crippen molar-refractivity contribution in [3.05, 3.63) is 35.6 Å². The van der Waals surface area contributed by atoms with E-state index in [0.29, 0.717) is 23.8 Å². The SMILES string of the molecule is NCC(CC1CC2CCC1C2)(C(=O)O)c1cccc(F)c1. The number of hydrogen-bond acceptors (Lipinski definition) is 2. The van der Waals surface area contributed by atoms with Gasteiger partial charge in [0.1, 0.15) is 11.2 Å². The average Bonchev–Trinajstić information content (AvgIpc) is 3.06. The van der Waals surface area contributed by atoms with Gasteiger partial charge in [-0.15, -0.1) is 0 Å². The van der Waals surface area contributed by atoms with Crippen molar-refractivity contribution in [3.63, 3.8) is 0 Å². The zero-order chi connectivity index (χ0) is 15.0. The van der Waals surface area contributed by atoms with Crippen molar-refractivity contribution in [1.82, 2.24) is 0 Å². The summed E-state index contributed by atoms with van der Waals surface area (Å²) >= 11 is 0. The van der Waals surface area contributed by atoms with Gasteiger partial charge in [0, 0.05) is 6.54 Å². The summed E-state index contributed by atoms with van der Waals surface area (Å²) in [5.41, 5.74) is 5.21. The van der Waals surface area contributed by atoms with Crippen LogP contribution in [0.3, 0.4) is 0 Å². The van der Waals surface area contributed by atoms with Crippen LogP contribution in [-0.2, 0) is 10.2 Å². The highest BCUT2D eigenvalue weighted by Gasteiger charge is 2.47. The first-order chi connectivity index (χ1) is 10.0. The molecule has 0 aromatic heterocycles. The molecule has 2 fully saturated rings. The molecule has 0 spiro atoms. The van der Waals surface area contributed by atoms with E-state index in [4.69, 9.17) is 5.73 Å². The summed E-state index contributed by atoms with van der Waals surface area (Å²) in [4.78, 5) is 12.0. The Morgan fingerprint density at radius 1 is 1.38 bits per heavy atom. The van der Waals surface area contributed by atoms with Crippen molar-refractivity contribution < 1.29 is 14.3 Å². The average molecular weight is 291 g/mol. The summed E-state index contributed by atoms with van der Waals surface area (Å²) in [6.07, 6.45) is 5.36. The largest absolute Gasteiger partial charge is 0.481 e. The van der Waals surface area contributed by atoms with Gasteiger partial charge in [0.25, 0.3) is 0 Å². The number of carboxylic acid groups (broad SMARTS) is 1. The number of aliphatic carboxylic acids is 1. The van der Waals surface area contributed by atoms with E-state index in [9.17, 15) is 14.3 Å². The van der Waals surface area contributed by atoms with Crippen molar-refractivity contribution in [2.75, 3.05) is 6.54 Å². The molecule has 3 N–H and O–H groups in total. The highest BCUT2D eigenvalue weighted by atomic mass is 19.1. The normalized spacial score (nSPS) is 30.3. The van der Waals surface area contributed by atoms with Crippen LogP contribution in [0.15, 0.2) is 24.3 Å². The maximum absolute atomic E-state index is 13.5. The minimum Gasteiger partial charge on any atom is -0.481 e. The highest BCUT2D eigenvalue weighted by molar-refractivity contribution is 5.81. The van der Waals surface area contributed by atoms with E-state index in [0.717, 1.165) is 12.3 Å². The molecule has 1 aromatic carbocycles. The second-order valence-electron chi connectivity index (χ2n) is 6.74. The van der Waals surface area contributed by atoms with Gasteiger partial charge in [-0.2, -0.15) is 0 Å². The van der Waals surface area contributed by atoms with Crippen LogP contribution in [0.5, 0.6) is 0 Å². The van der Waals surface area contributed by atoms with E-state index >= 15 is 0 Å². The Hall–Kier alpha value is -1.42. The van der Waals surface area contributed by atoms with Gasteiger partial charge in [0.05, 0.1) is 0 Å². The van der Waals surface area contributed by atoms with E-state index < -0.39 is 17.2 Å². The molecule has 1 aromatic rings. The smallest absolute Gasteiger partial charge is 0.315 e. The molecule has 3 nitrogen and oxygen atoms in total. The van der Waals surface area contributed by atoms with Gasteiger partial charge in [0.2, 0.25) is 0 Å². The predicted octanol–water partition coefficient (Wildman–Crippen LogP) is 2.93. The lowest BCUT2D eigenvalue weighted by Gasteiger charge is -2.34. The lowest BCUT2D eigenvalue weighted by Crippen LogP contribution is -2.45. The van der Waals surface area contributed by atoms with Gasteiger partial charge in [-0.3, -0.25) is 4.79 Å². The Morgan fingerprint density at radius 3 is 2.71 bits per heavy atom. The van der Waals surface area contributed by atoms with Crippen LogP contribution in [0.1, 0.15) is 37.7 Å². The van der Waals surface area contributed by atoms with Crippen molar-refractivity contribution in [1.29, 1.82) is 0 Å². The first-order valence-electron chi connectivity index (χ1n) is 7.74. The zero-order valence-corrected chi connectivity index (χ0v) is 12.1. The second kappa shape index (κ2) is 5.41. The van der Waals surface area contributed by atoms with Gasteiger partial charge in [-0.1, -0.05) is 18.6 Å². The monoisotopic (exact) mass is 291 g/mol. The third-order valence-corrected chi connectivity index (χ3v) is 5.63. The first kappa shape index (κ1) is 14.5. The van der Waals surface area contributed by atoms with Crippen molar-refractivity contribution >= 4 is 5.97 Å². The number of hydrogen-bond donors (Lipinski definition) is 2. The maximum atomic E-state index is 13.5. The lowest BCUT2D eigenvalue weighted by molar-refractivity contribution is -0.144. The first-order valence-corrected chi connectivity index (χ1v) is 7.74. The van der Waals surface area contributed by atoms with Gasteiger partial charge in [-0.05, 0) is 61.1 Å². The minimum absolute atomic E-state index is 0.0136. The Morgan fingerprint density at radius 2 is 2.19 bits per heavy atom. The fourth-order valence-corrected chi connectivity index (χ4v) is 4.48. The summed E-state index contributed by atoms with van der Waals surface area (Å²) in [7, 11) is 0. The van der Waals surface area contributed by atoms with Crippen LogP contribution >= 0.6 is 0 Å². The van der Waals surface area contributed by atoms with Gasteiger partial charge < -0.3 is 10.8 Å². The molecule has 0 saturated heterocycles. The standard InChI is InChI=1S/C17H22FNO2/c18-15-3-1-2-14(8-15)17(10-19,16(20)21)9-13-7-11-4-5-12(13)6-11/h1-3,8,11-13H,4-7,9-10,19H2,(H,20,21). The molecule has 2 aliphatic carbocycles. The molecule has 4 unspecified atom stereocenters. The minimum atomic E-state index is -1.16. The molecule has 2 aliphatic rings. The third kappa shape index (κ3) is 2.46. The molecule has 4 heteroatoms. The van der Waals surface area contributed by atoms with Gasteiger partial charge in [0.15, 0.2) is 0 Å². The molecule has 3 rings (SSSR count). The third-order valence-electron chi connectivity index (χ3n) is 5.63. The quantitative estimate of drug-likeness (QED) is 0.876. The molecule has 21 heavy (non-hydrogen) atoms. The maximum Gasteiger partial charge on any atom is 0.315 e. The number of rotatable bonds is 5. The molecule has 2 saturated carbocycles. The van der Waals surface area contributed by atoms with Crippen molar-refractivity contribution in [3.8, 4) is 0 Å². The summed E-state index contributed by atoms with van der Waals surface area (Å²) in [6.45, 7) is 0.0136.